The van der Waals surface area contributed by atoms with E-state index in [-0.39, 0.29) is 41.5 Å². The number of hydrogen-bond donors (Lipinski definition) is 1. The van der Waals surface area contributed by atoms with Gasteiger partial charge in [-0.3, -0.25) is 14.4 Å². The van der Waals surface area contributed by atoms with Crippen molar-refractivity contribution in [3.63, 3.8) is 0 Å². The molecule has 11 heteroatoms. The number of amides is 2. The molecular weight excluding hydrogens is 508 g/mol. The molecule has 4 rings (SSSR count). The van der Waals surface area contributed by atoms with Crippen LogP contribution in [0.2, 0.25) is 0 Å². The number of nitrogens with zero attached hydrogens (tertiary/aromatic N) is 3. The number of carbonyl (C=O) groups is 3. The molecule has 3 unspecified atom stereocenters. The van der Waals surface area contributed by atoms with E-state index in [1.165, 1.54) is 23.2 Å². The van der Waals surface area contributed by atoms with Crippen molar-refractivity contribution in [2.75, 3.05) is 13.1 Å². The van der Waals surface area contributed by atoms with Crippen molar-refractivity contribution in [2.24, 2.45) is 0 Å². The SMILES string of the molecule is CCCC(NC(=O)c1ccc(C(C)(C)C)cc1)C(=O)N1CCC2C1C(=O)CN2S(=O)(=O)c1ccc[n+]([O-])c1. The van der Waals surface area contributed by atoms with Crippen LogP contribution in [0, 0.1) is 5.21 Å². The molecule has 3 heterocycles. The van der Waals surface area contributed by atoms with Crippen LogP contribution in [-0.4, -0.2) is 66.4 Å². The van der Waals surface area contributed by atoms with Gasteiger partial charge in [0, 0.05) is 18.2 Å². The number of pyridine rings is 1. The number of ketones is 1. The number of hydrogen-bond acceptors (Lipinski definition) is 6. The van der Waals surface area contributed by atoms with E-state index < -0.39 is 34.1 Å². The van der Waals surface area contributed by atoms with Gasteiger partial charge in [0.15, 0.2) is 18.2 Å². The normalized spacial score (nSPS) is 20.8. The van der Waals surface area contributed by atoms with Crippen molar-refractivity contribution in [3.8, 4) is 0 Å². The van der Waals surface area contributed by atoms with Crippen molar-refractivity contribution in [3.05, 3.63) is 65.1 Å². The molecule has 1 aromatic heterocycles. The molecule has 38 heavy (non-hydrogen) atoms. The lowest BCUT2D eigenvalue weighted by Crippen LogP contribution is -2.52. The number of rotatable bonds is 7. The molecule has 3 atom stereocenters. The van der Waals surface area contributed by atoms with Crippen LogP contribution in [0.3, 0.4) is 0 Å². The number of likely N-dealkylation sites (tertiary alicyclic amines) is 1. The Hall–Kier alpha value is -3.31. The lowest BCUT2D eigenvalue weighted by molar-refractivity contribution is -0.607. The fraction of sp³-hybridized carbons (Fsp3) is 0.481. The number of Topliss-reactive ketones (excluding diaryl/α,β-unsaturated/α-hetero) is 1. The number of benzene rings is 1. The summed E-state index contributed by atoms with van der Waals surface area (Å²) in [5.41, 5.74) is 1.45. The predicted molar refractivity (Wildman–Crippen MR) is 140 cm³/mol. The summed E-state index contributed by atoms with van der Waals surface area (Å²) in [7, 11) is -4.11. The van der Waals surface area contributed by atoms with Crippen molar-refractivity contribution in [2.45, 2.75) is 75.4 Å². The van der Waals surface area contributed by atoms with Gasteiger partial charge in [-0.2, -0.15) is 9.04 Å². The smallest absolute Gasteiger partial charge is 0.251 e. The van der Waals surface area contributed by atoms with Crippen LogP contribution in [0.5, 0.6) is 0 Å². The van der Waals surface area contributed by atoms with Crippen LogP contribution >= 0.6 is 0 Å². The molecule has 2 amide bonds. The summed E-state index contributed by atoms with van der Waals surface area (Å²) in [6.45, 7) is 7.96. The van der Waals surface area contributed by atoms with E-state index in [1.807, 2.05) is 19.1 Å². The maximum Gasteiger partial charge on any atom is 0.251 e. The zero-order chi connectivity index (χ0) is 27.8. The van der Waals surface area contributed by atoms with Crippen molar-refractivity contribution >= 4 is 27.6 Å². The second-order valence-corrected chi connectivity index (χ2v) is 12.8. The molecule has 0 spiro atoms. The Morgan fingerprint density at radius 2 is 1.87 bits per heavy atom. The minimum absolute atomic E-state index is 0.0617. The molecular formula is C27H34N4O6S. The number of carbonyl (C=O) groups excluding carboxylic acids is 3. The molecule has 2 fully saturated rings. The average Bonchev–Trinajstić information content (AvgIpc) is 3.44. The molecule has 0 saturated carbocycles. The van der Waals surface area contributed by atoms with Gasteiger partial charge in [0.2, 0.25) is 15.9 Å². The average molecular weight is 543 g/mol. The topological polar surface area (TPSA) is 131 Å². The van der Waals surface area contributed by atoms with Gasteiger partial charge in [-0.05, 0) is 42.0 Å². The molecule has 2 aromatic rings. The van der Waals surface area contributed by atoms with Gasteiger partial charge < -0.3 is 15.4 Å². The van der Waals surface area contributed by atoms with E-state index in [2.05, 4.69) is 26.1 Å². The molecule has 204 valence electrons. The second-order valence-electron chi connectivity index (χ2n) is 10.9. The first-order valence-electron chi connectivity index (χ1n) is 12.8. The standard InChI is InChI=1S/C27H34N4O6S/c1-5-7-21(28-25(33)18-9-11-19(12-10-18)27(2,3)4)26(34)30-15-13-22-24(30)23(32)17-31(22)38(36,37)20-8-6-14-29(35)16-20/h6,8-12,14,16,21-22,24H,5,7,13,15,17H2,1-4H3,(H,28,33). The Bertz CT molecular complexity index is 1340. The number of nitrogens with one attached hydrogen (secondary N) is 1. The zero-order valence-electron chi connectivity index (χ0n) is 22.1. The van der Waals surface area contributed by atoms with E-state index in [1.54, 1.807) is 12.1 Å². The van der Waals surface area contributed by atoms with Gasteiger partial charge in [0.25, 0.3) is 5.91 Å². The van der Waals surface area contributed by atoms with E-state index >= 15 is 0 Å². The highest BCUT2D eigenvalue weighted by Crippen LogP contribution is 2.34. The van der Waals surface area contributed by atoms with Gasteiger partial charge >= 0.3 is 0 Å². The first-order chi connectivity index (χ1) is 17.8. The largest absolute Gasteiger partial charge is 0.619 e. The Morgan fingerprint density at radius 3 is 2.47 bits per heavy atom. The maximum atomic E-state index is 13.6. The Labute approximate surface area is 223 Å². The third-order valence-corrected chi connectivity index (χ3v) is 9.06. The van der Waals surface area contributed by atoms with Crippen molar-refractivity contribution in [1.82, 2.24) is 14.5 Å². The Morgan fingerprint density at radius 1 is 1.18 bits per heavy atom. The van der Waals surface area contributed by atoms with Crippen LogP contribution in [0.1, 0.15) is 62.9 Å². The first kappa shape index (κ1) is 27.7. The monoisotopic (exact) mass is 542 g/mol. The summed E-state index contributed by atoms with van der Waals surface area (Å²) in [5.74, 6) is -1.16. The number of fused-ring (bicyclic) bond motifs is 1. The van der Waals surface area contributed by atoms with E-state index in [4.69, 9.17) is 0 Å². The maximum absolute atomic E-state index is 13.6. The third kappa shape index (κ3) is 5.30. The summed E-state index contributed by atoms with van der Waals surface area (Å²) >= 11 is 0. The zero-order valence-corrected chi connectivity index (χ0v) is 22.9. The van der Waals surface area contributed by atoms with Crippen LogP contribution in [0.25, 0.3) is 0 Å². The summed E-state index contributed by atoms with van der Waals surface area (Å²) in [4.78, 5) is 40.8. The highest BCUT2D eigenvalue weighted by Gasteiger charge is 2.54. The number of aromatic nitrogens is 1. The van der Waals surface area contributed by atoms with Gasteiger partial charge in [-0.15, -0.1) is 0 Å². The predicted octanol–water partition coefficient (Wildman–Crippen LogP) is 1.76. The van der Waals surface area contributed by atoms with E-state index in [0.29, 0.717) is 23.1 Å². The minimum atomic E-state index is -4.11. The molecule has 0 bridgehead atoms. The quantitative estimate of drug-likeness (QED) is 0.419. The van der Waals surface area contributed by atoms with E-state index in [9.17, 15) is 28.0 Å². The Balaban J connectivity index is 1.51. The molecule has 1 aromatic carbocycles. The third-order valence-electron chi connectivity index (χ3n) is 7.21. The molecule has 2 aliphatic heterocycles. The molecule has 0 aliphatic carbocycles. The summed E-state index contributed by atoms with van der Waals surface area (Å²) in [5, 5.41) is 14.5. The first-order valence-corrected chi connectivity index (χ1v) is 14.2. The summed E-state index contributed by atoms with van der Waals surface area (Å²) in [6.07, 6.45) is 3.41. The van der Waals surface area contributed by atoms with Gasteiger partial charge in [0.1, 0.15) is 17.0 Å². The molecule has 10 nitrogen and oxygen atoms in total. The van der Waals surface area contributed by atoms with Crippen LogP contribution in [-0.2, 0) is 25.0 Å². The molecule has 2 aliphatic rings. The van der Waals surface area contributed by atoms with Crippen molar-refractivity contribution < 1.29 is 27.5 Å². The molecule has 0 radical (unpaired) electrons. The highest BCUT2D eigenvalue weighted by molar-refractivity contribution is 7.89. The summed E-state index contributed by atoms with van der Waals surface area (Å²) in [6, 6.07) is 7.38. The van der Waals surface area contributed by atoms with Crippen LogP contribution in [0.4, 0.5) is 0 Å². The van der Waals surface area contributed by atoms with Crippen LogP contribution in [0.15, 0.2) is 53.7 Å². The number of sulfonamides is 1. The lowest BCUT2D eigenvalue weighted by atomic mass is 9.86. The fourth-order valence-corrected chi connectivity index (χ4v) is 6.81. The van der Waals surface area contributed by atoms with Gasteiger partial charge in [-0.1, -0.05) is 46.2 Å². The van der Waals surface area contributed by atoms with Crippen molar-refractivity contribution in [1.29, 1.82) is 0 Å². The van der Waals surface area contributed by atoms with Gasteiger partial charge in [-0.25, -0.2) is 8.42 Å². The van der Waals surface area contributed by atoms with Gasteiger partial charge in [0.05, 0.1) is 12.6 Å². The molecule has 1 N–H and O–H groups in total. The van der Waals surface area contributed by atoms with E-state index in [0.717, 1.165) is 16.1 Å². The fourth-order valence-electron chi connectivity index (χ4n) is 5.17. The Kier molecular flexibility index (Phi) is 7.62. The van der Waals surface area contributed by atoms with Crippen LogP contribution < -0.4 is 10.0 Å². The second kappa shape index (κ2) is 10.5. The molecule has 2 saturated heterocycles. The lowest BCUT2D eigenvalue weighted by Gasteiger charge is -2.28. The minimum Gasteiger partial charge on any atom is -0.619 e. The highest BCUT2D eigenvalue weighted by atomic mass is 32.2. The summed E-state index contributed by atoms with van der Waals surface area (Å²) < 4.78 is 28.0.